The minimum Gasteiger partial charge on any atom is -0.870 e. The van der Waals surface area contributed by atoms with Gasteiger partial charge in [-0.25, -0.2) is 25.2 Å². The standard InChI is InChI=1S/C15H13N3O3.C14H11N3O3.C9H9N3O.C7H11NO4.C2H4O2.Li.2H2O/c1-10-8-12(14(19)20-2)18(17-10)15-16-9-13(21-15)11-6-4-3-5-7-11;1-9-7-11(13(18)19)17(16-9)14-15-8-12(20-14)10-5-3-2-4-6-10;10-12-9-11-6-8(13-9)7-4-2-1-3-5-7;1-5(9)4-6(8-12-3)7(10)11-2;1-2(3)4;;;/h3-9H,1-2H3;2-8H,1H3,(H,18,19);1-6H,10H2,(H,11,12);4H2,1-3H3;1H3,(H,3,4);;2*1H2/q;;;;;+1;;/p-1/b;;;8-6+;;;;. The quantitative estimate of drug-likeness (QED) is 0.0449. The number of anilines is 1. The zero-order chi connectivity index (χ0) is 51.2. The molecule has 3 aromatic carbocycles. The number of Topliss-reactive ketones (excluding diaryl/α,β-unsaturated/α-hetero) is 1. The maximum Gasteiger partial charge on any atom is 1.00 e. The molecule has 5 heterocycles. The summed E-state index contributed by atoms with van der Waals surface area (Å²) >= 11 is 0. The summed E-state index contributed by atoms with van der Waals surface area (Å²) in [6.45, 7) is 5.93. The predicted molar refractivity (Wildman–Crippen MR) is 256 cm³/mol. The van der Waals surface area contributed by atoms with E-state index < -0.39 is 23.9 Å². The first-order valence-corrected chi connectivity index (χ1v) is 20.4. The largest absolute Gasteiger partial charge is 1.00 e. The molecule has 0 radical (unpaired) electrons. The van der Waals surface area contributed by atoms with Crippen LogP contribution in [0, 0.1) is 13.8 Å². The van der Waals surface area contributed by atoms with Crippen LogP contribution in [0.2, 0.25) is 0 Å². The van der Waals surface area contributed by atoms with Crippen LogP contribution in [0.4, 0.5) is 6.01 Å². The number of hydrogen-bond acceptors (Lipinski definition) is 20. The number of carbonyl (C=O) groups is 5. The Morgan fingerprint density at radius 1 is 0.658 bits per heavy atom. The monoisotopic (exact) mass is 1000 g/mol. The molecule has 5 aromatic heterocycles. The Kier molecular flexibility index (Phi) is 26.6. The summed E-state index contributed by atoms with van der Waals surface area (Å²) in [4.78, 5) is 69.9. The number of hydrogen-bond donors (Lipinski definition) is 4. The molecule has 0 aliphatic heterocycles. The Hall–Kier alpha value is -8.99. The van der Waals surface area contributed by atoms with Crippen LogP contribution in [0.3, 0.4) is 0 Å². The Morgan fingerprint density at radius 3 is 1.41 bits per heavy atom. The molecule has 0 unspecified atom stereocenters. The number of esters is 2. The number of ether oxygens (including phenoxy) is 2. The molecule has 73 heavy (non-hydrogen) atoms. The molecule has 0 saturated carbocycles. The number of oxazole rings is 3. The van der Waals surface area contributed by atoms with Gasteiger partial charge in [0.25, 0.3) is 5.97 Å². The SMILES string of the molecule is CC(=O)O.CO/N=C(\CC(C)=O)C(=O)OC.COC(=O)c1cc(C)nn1-c1ncc(-c2ccccc2)o1.Cc1cc(C(=O)O)n(-c2ncc(-c3ccccc3)o2)n1.NNc1ncc(-c2ccccc2)o1.O.[Li+].[OH-]. The van der Waals surface area contributed by atoms with Gasteiger partial charge in [0, 0.05) is 23.6 Å². The van der Waals surface area contributed by atoms with Gasteiger partial charge in [-0.1, -0.05) is 96.2 Å². The van der Waals surface area contributed by atoms with E-state index in [-0.39, 0.29) is 71.1 Å². The van der Waals surface area contributed by atoms with Crippen molar-refractivity contribution in [3.8, 4) is 46.0 Å². The summed E-state index contributed by atoms with van der Waals surface area (Å²) in [5.41, 5.74) is 6.62. The van der Waals surface area contributed by atoms with Crippen LogP contribution in [0.5, 0.6) is 0 Å². The molecular weight excluding hydrogens is 952 g/mol. The van der Waals surface area contributed by atoms with Crippen LogP contribution in [0.1, 0.15) is 52.6 Å². The second-order valence-corrected chi connectivity index (χ2v) is 13.9. The molecule has 8 aromatic rings. The van der Waals surface area contributed by atoms with Crippen molar-refractivity contribution in [2.75, 3.05) is 26.8 Å². The van der Waals surface area contributed by atoms with Crippen molar-refractivity contribution >= 4 is 41.4 Å². The minimum absolute atomic E-state index is 0. The molecule has 26 heteroatoms. The number of hydrazine groups is 1. The minimum atomic E-state index is -1.08. The van der Waals surface area contributed by atoms with E-state index in [2.05, 4.69) is 45.3 Å². The molecule has 25 nitrogen and oxygen atoms in total. The Balaban J connectivity index is 0.000000480. The molecule has 0 aliphatic carbocycles. The van der Waals surface area contributed by atoms with Crippen molar-refractivity contribution in [3.05, 3.63) is 144 Å². The van der Waals surface area contributed by atoms with Crippen LogP contribution in [-0.4, -0.2) is 112 Å². The predicted octanol–water partition coefficient (Wildman–Crippen LogP) is 3.02. The number of nitrogen functional groups attached to an aromatic ring is 1. The maximum absolute atomic E-state index is 11.7. The van der Waals surface area contributed by atoms with E-state index in [1.165, 1.54) is 43.7 Å². The number of benzene rings is 3. The van der Waals surface area contributed by atoms with Crippen LogP contribution < -0.4 is 30.1 Å². The van der Waals surface area contributed by atoms with Gasteiger partial charge in [0.15, 0.2) is 34.4 Å². The number of carboxylic acids is 2. The Bertz CT molecular complexity index is 2980. The van der Waals surface area contributed by atoms with E-state index in [0.29, 0.717) is 34.7 Å². The number of rotatable bonds is 12. The molecular formula is C47H51LiN10O15. The third kappa shape index (κ3) is 19.0. The molecule has 0 fully saturated rings. The number of oxime groups is 1. The van der Waals surface area contributed by atoms with E-state index in [9.17, 15) is 19.2 Å². The fourth-order valence-electron chi connectivity index (χ4n) is 5.57. The topological polar surface area (TPSA) is 379 Å². The summed E-state index contributed by atoms with van der Waals surface area (Å²) in [5, 5.41) is 28.2. The number of carboxylic acid groups (broad SMARTS) is 2. The Morgan fingerprint density at radius 2 is 1.05 bits per heavy atom. The molecule has 0 saturated heterocycles. The zero-order valence-corrected chi connectivity index (χ0v) is 40.7. The number of methoxy groups -OCH3 is 2. The van der Waals surface area contributed by atoms with Crippen LogP contribution in [-0.2, 0) is 28.7 Å². The molecule has 0 atom stereocenters. The maximum atomic E-state index is 11.7. The van der Waals surface area contributed by atoms with Gasteiger partial charge in [-0.2, -0.15) is 29.5 Å². The number of nitrogens with zero attached hydrogens (tertiary/aromatic N) is 8. The van der Waals surface area contributed by atoms with Crippen LogP contribution in [0.15, 0.2) is 140 Å². The number of carbonyl (C=O) groups excluding carboxylic acids is 3. The van der Waals surface area contributed by atoms with E-state index in [1.807, 2.05) is 91.0 Å². The van der Waals surface area contributed by atoms with Gasteiger partial charge in [0.1, 0.15) is 12.9 Å². The molecule has 8 N–H and O–H groups in total. The number of aromatic carboxylic acids is 1. The molecule has 0 amide bonds. The Labute approximate surface area is 428 Å². The average Bonchev–Trinajstić information content (AvgIpc) is 4.23. The van der Waals surface area contributed by atoms with Gasteiger partial charge in [0.2, 0.25) is 0 Å². The van der Waals surface area contributed by atoms with E-state index in [1.54, 1.807) is 38.5 Å². The molecule has 8 rings (SSSR count). The first kappa shape index (κ1) is 62.0. The van der Waals surface area contributed by atoms with Crippen molar-refractivity contribution in [1.82, 2.24) is 34.5 Å². The van der Waals surface area contributed by atoms with E-state index in [0.717, 1.165) is 23.6 Å². The van der Waals surface area contributed by atoms with Crippen molar-refractivity contribution in [2.45, 2.75) is 34.1 Å². The van der Waals surface area contributed by atoms with E-state index in [4.69, 9.17) is 38.8 Å². The van der Waals surface area contributed by atoms with Crippen LogP contribution >= 0.6 is 0 Å². The number of nitrogens with two attached hydrogens (primary N) is 1. The number of aliphatic carboxylic acids is 1. The van der Waals surface area contributed by atoms with Crippen LogP contribution in [0.25, 0.3) is 46.0 Å². The van der Waals surface area contributed by atoms with Gasteiger partial charge in [-0.05, 0) is 32.9 Å². The second kappa shape index (κ2) is 31.3. The van der Waals surface area contributed by atoms with Gasteiger partial charge >= 0.3 is 54.8 Å². The number of aryl methyl sites for hydroxylation is 2. The first-order valence-electron chi connectivity index (χ1n) is 20.4. The molecule has 380 valence electrons. The van der Waals surface area contributed by atoms with Crippen molar-refractivity contribution < 1.29 is 91.6 Å². The molecule has 0 aliphatic rings. The third-order valence-electron chi connectivity index (χ3n) is 8.47. The number of ketones is 1. The summed E-state index contributed by atoms with van der Waals surface area (Å²) in [5.74, 6) is 3.78. The summed E-state index contributed by atoms with van der Waals surface area (Å²) in [6, 6.07) is 32.5. The summed E-state index contributed by atoms with van der Waals surface area (Å²) in [6.07, 6.45) is 4.71. The third-order valence-corrected chi connectivity index (χ3v) is 8.47. The number of aromatic nitrogens is 7. The summed E-state index contributed by atoms with van der Waals surface area (Å²) in [7, 11) is 3.83. The smallest absolute Gasteiger partial charge is 0.870 e. The van der Waals surface area contributed by atoms with Gasteiger partial charge in [-0.3, -0.25) is 15.0 Å². The molecule has 0 spiro atoms. The fourth-order valence-corrected chi connectivity index (χ4v) is 5.57. The van der Waals surface area contributed by atoms with E-state index >= 15 is 0 Å². The average molecular weight is 1000 g/mol. The summed E-state index contributed by atoms with van der Waals surface area (Å²) < 4.78 is 28.2. The zero-order valence-electron chi connectivity index (χ0n) is 40.7. The van der Waals surface area contributed by atoms with Gasteiger partial charge < -0.3 is 48.7 Å². The molecule has 0 bridgehead atoms. The van der Waals surface area contributed by atoms with Gasteiger partial charge in [-0.15, -0.1) is 0 Å². The fraction of sp³-hybridized carbons (Fsp3) is 0.170. The van der Waals surface area contributed by atoms with Gasteiger partial charge in [0.05, 0.1) is 50.6 Å². The van der Waals surface area contributed by atoms with Crippen molar-refractivity contribution in [1.29, 1.82) is 0 Å². The second-order valence-electron chi connectivity index (χ2n) is 13.9. The normalized spacial score (nSPS) is 9.84. The van der Waals surface area contributed by atoms with Crippen molar-refractivity contribution in [2.24, 2.45) is 11.0 Å². The number of nitrogens with one attached hydrogen (secondary N) is 1. The van der Waals surface area contributed by atoms with Crippen molar-refractivity contribution in [3.63, 3.8) is 0 Å². The first-order chi connectivity index (χ1) is 33.6.